The number of aromatic nitrogens is 2. The fourth-order valence-corrected chi connectivity index (χ4v) is 4.92. The number of hydrogen-bond acceptors (Lipinski definition) is 7. The molecule has 0 saturated carbocycles. The Hall–Kier alpha value is -2.56. The predicted molar refractivity (Wildman–Crippen MR) is 105 cm³/mol. The summed E-state index contributed by atoms with van der Waals surface area (Å²) in [6.07, 6.45) is 1.62. The van der Waals surface area contributed by atoms with E-state index in [2.05, 4.69) is 4.98 Å². The molecule has 0 aliphatic rings. The summed E-state index contributed by atoms with van der Waals surface area (Å²) in [5.41, 5.74) is 0.180. The minimum Gasteiger partial charge on any atom is -0.456 e. The number of carbonyl (C=O) groups excluding carboxylic acids is 1. The van der Waals surface area contributed by atoms with Crippen LogP contribution in [0.1, 0.15) is 29.9 Å². The largest absolute Gasteiger partial charge is 0.456 e. The molecule has 0 aliphatic heterocycles. The van der Waals surface area contributed by atoms with Gasteiger partial charge in [0.2, 0.25) is 10.0 Å². The summed E-state index contributed by atoms with van der Waals surface area (Å²) in [5, 5.41) is 1.74. The third-order valence-electron chi connectivity index (χ3n) is 4.12. The van der Waals surface area contributed by atoms with Gasteiger partial charge in [0, 0.05) is 30.7 Å². The molecule has 0 aliphatic carbocycles. The van der Waals surface area contributed by atoms with Crippen LogP contribution < -0.4 is 5.56 Å². The van der Waals surface area contributed by atoms with Gasteiger partial charge in [-0.1, -0.05) is 19.9 Å². The van der Waals surface area contributed by atoms with Crippen LogP contribution in [0.4, 0.5) is 0 Å². The van der Waals surface area contributed by atoms with E-state index in [0.717, 1.165) is 0 Å². The molecular formula is C18H19N3O5S2. The molecular weight excluding hydrogens is 402 g/mol. The highest BCUT2D eigenvalue weighted by Gasteiger charge is 2.22. The lowest BCUT2D eigenvalue weighted by molar-refractivity contribution is 0.0467. The number of esters is 1. The fourth-order valence-electron chi connectivity index (χ4n) is 2.68. The highest BCUT2D eigenvalue weighted by molar-refractivity contribution is 7.89. The van der Waals surface area contributed by atoms with Crippen LogP contribution >= 0.6 is 11.3 Å². The fraction of sp³-hybridized carbons (Fsp3) is 0.278. The zero-order chi connectivity index (χ0) is 20.3. The number of carbonyl (C=O) groups is 1. The Morgan fingerprint density at radius 3 is 2.71 bits per heavy atom. The number of rotatable bonds is 7. The standard InChI is InChI=1S/C18H19N3O5S2/c1-3-20(4-2)28(24,25)15-7-5-6-13(10-15)17(23)26-12-14-11-16(22)21-8-9-27-18(21)19-14/h5-11H,3-4,12H2,1-2H3. The second kappa shape index (κ2) is 8.21. The highest BCUT2D eigenvalue weighted by atomic mass is 32.2. The van der Waals surface area contributed by atoms with Crippen LogP contribution in [0.5, 0.6) is 0 Å². The third kappa shape index (κ3) is 3.98. The second-order valence-electron chi connectivity index (χ2n) is 5.83. The van der Waals surface area contributed by atoms with E-state index < -0.39 is 16.0 Å². The quantitative estimate of drug-likeness (QED) is 0.542. The van der Waals surface area contributed by atoms with E-state index in [4.69, 9.17) is 4.74 Å². The van der Waals surface area contributed by atoms with Crippen LogP contribution in [-0.4, -0.2) is 41.2 Å². The van der Waals surface area contributed by atoms with Crippen LogP contribution in [0, 0.1) is 0 Å². The van der Waals surface area contributed by atoms with Crippen LogP contribution in [0.15, 0.2) is 51.6 Å². The maximum atomic E-state index is 12.6. The average molecular weight is 422 g/mol. The first-order valence-electron chi connectivity index (χ1n) is 8.60. The summed E-state index contributed by atoms with van der Waals surface area (Å²) >= 11 is 1.30. The molecule has 3 aromatic rings. The van der Waals surface area contributed by atoms with Crippen LogP contribution in [0.25, 0.3) is 4.96 Å². The van der Waals surface area contributed by atoms with Crippen molar-refractivity contribution < 1.29 is 17.9 Å². The molecule has 1 aromatic carbocycles. The first kappa shape index (κ1) is 20.2. The minimum atomic E-state index is -3.68. The highest BCUT2D eigenvalue weighted by Crippen LogP contribution is 2.18. The zero-order valence-electron chi connectivity index (χ0n) is 15.4. The molecule has 28 heavy (non-hydrogen) atoms. The number of thiazole rings is 1. The van der Waals surface area contributed by atoms with Crippen LogP contribution in [0.2, 0.25) is 0 Å². The number of fused-ring (bicyclic) bond motifs is 1. The normalized spacial score (nSPS) is 11.8. The molecule has 0 unspecified atom stereocenters. The topological polar surface area (TPSA) is 98.0 Å². The molecule has 0 N–H and O–H groups in total. The molecule has 0 bridgehead atoms. The minimum absolute atomic E-state index is 0.0297. The predicted octanol–water partition coefficient (Wildman–Crippen LogP) is 2.14. The van der Waals surface area contributed by atoms with Gasteiger partial charge in [0.05, 0.1) is 16.2 Å². The monoisotopic (exact) mass is 421 g/mol. The Kier molecular flexibility index (Phi) is 5.92. The van der Waals surface area contributed by atoms with Crippen molar-refractivity contribution in [3.05, 3.63) is 63.5 Å². The van der Waals surface area contributed by atoms with Crippen molar-refractivity contribution in [2.75, 3.05) is 13.1 Å². The summed E-state index contributed by atoms with van der Waals surface area (Å²) in [4.78, 5) is 29.1. The van der Waals surface area contributed by atoms with Gasteiger partial charge < -0.3 is 4.74 Å². The number of hydrogen-bond donors (Lipinski definition) is 0. The van der Waals surface area contributed by atoms with Crippen LogP contribution in [-0.2, 0) is 21.4 Å². The molecule has 2 heterocycles. The molecule has 0 radical (unpaired) electrons. The lowest BCUT2D eigenvalue weighted by Crippen LogP contribution is -2.30. The van der Waals surface area contributed by atoms with Gasteiger partial charge in [-0.15, -0.1) is 11.3 Å². The van der Waals surface area contributed by atoms with Crippen molar-refractivity contribution >= 4 is 32.3 Å². The molecule has 0 atom stereocenters. The van der Waals surface area contributed by atoms with E-state index in [1.165, 1.54) is 50.4 Å². The van der Waals surface area contributed by atoms with E-state index in [1.807, 2.05) is 0 Å². The number of benzene rings is 1. The van der Waals surface area contributed by atoms with Crippen molar-refractivity contribution in [1.82, 2.24) is 13.7 Å². The van der Waals surface area contributed by atoms with Crippen molar-refractivity contribution in [3.63, 3.8) is 0 Å². The summed E-state index contributed by atoms with van der Waals surface area (Å²) in [6, 6.07) is 7.01. The van der Waals surface area contributed by atoms with E-state index in [-0.39, 0.29) is 22.6 Å². The molecule has 0 spiro atoms. The molecule has 148 valence electrons. The molecule has 0 fully saturated rings. The molecule has 0 saturated heterocycles. The Labute approximate surface area is 166 Å². The maximum Gasteiger partial charge on any atom is 0.338 e. The molecule has 10 heteroatoms. The average Bonchev–Trinajstić information content (AvgIpc) is 3.16. The van der Waals surface area contributed by atoms with Crippen molar-refractivity contribution in [1.29, 1.82) is 0 Å². The zero-order valence-corrected chi connectivity index (χ0v) is 17.0. The number of ether oxygens (including phenoxy) is 1. The van der Waals surface area contributed by atoms with Gasteiger partial charge in [0.25, 0.3) is 5.56 Å². The van der Waals surface area contributed by atoms with Crippen molar-refractivity contribution in [2.45, 2.75) is 25.3 Å². The number of sulfonamides is 1. The Balaban J connectivity index is 1.78. The lowest BCUT2D eigenvalue weighted by Gasteiger charge is -2.18. The first-order valence-corrected chi connectivity index (χ1v) is 10.9. The summed E-state index contributed by atoms with van der Waals surface area (Å²) in [6.45, 7) is 3.98. The lowest BCUT2D eigenvalue weighted by atomic mass is 10.2. The van der Waals surface area contributed by atoms with Crippen molar-refractivity contribution in [2.24, 2.45) is 0 Å². The second-order valence-corrected chi connectivity index (χ2v) is 8.65. The first-order chi connectivity index (χ1) is 13.4. The van der Waals surface area contributed by atoms with Gasteiger partial charge in [0.15, 0.2) is 4.96 Å². The van der Waals surface area contributed by atoms with Gasteiger partial charge in [-0.3, -0.25) is 9.20 Å². The van der Waals surface area contributed by atoms with E-state index in [1.54, 1.807) is 25.4 Å². The van der Waals surface area contributed by atoms with Crippen molar-refractivity contribution in [3.8, 4) is 0 Å². The van der Waals surface area contributed by atoms with E-state index >= 15 is 0 Å². The smallest absolute Gasteiger partial charge is 0.338 e. The molecule has 3 rings (SSSR count). The molecule has 8 nitrogen and oxygen atoms in total. The summed E-state index contributed by atoms with van der Waals surface area (Å²) < 4.78 is 33.2. The molecule has 2 aromatic heterocycles. The maximum absolute atomic E-state index is 12.6. The number of nitrogens with zero attached hydrogens (tertiary/aromatic N) is 3. The van der Waals surface area contributed by atoms with Crippen LogP contribution in [0.3, 0.4) is 0 Å². The Morgan fingerprint density at radius 1 is 1.25 bits per heavy atom. The van der Waals surface area contributed by atoms with Gasteiger partial charge in [-0.2, -0.15) is 4.31 Å². The molecule has 0 amide bonds. The summed E-state index contributed by atoms with van der Waals surface area (Å²) in [7, 11) is -3.68. The summed E-state index contributed by atoms with van der Waals surface area (Å²) in [5.74, 6) is -0.690. The SMILES string of the molecule is CCN(CC)S(=O)(=O)c1cccc(C(=O)OCc2cc(=O)n3ccsc3n2)c1. The van der Waals surface area contributed by atoms with Gasteiger partial charge >= 0.3 is 5.97 Å². The van der Waals surface area contributed by atoms with E-state index in [9.17, 15) is 18.0 Å². The third-order valence-corrected chi connectivity index (χ3v) is 6.92. The van der Waals surface area contributed by atoms with E-state index in [0.29, 0.717) is 23.7 Å². The van der Waals surface area contributed by atoms with Gasteiger partial charge in [-0.05, 0) is 18.2 Å². The van der Waals surface area contributed by atoms with Gasteiger partial charge in [-0.25, -0.2) is 18.2 Å². The van der Waals surface area contributed by atoms with Gasteiger partial charge in [0.1, 0.15) is 6.61 Å². The Bertz CT molecular complexity index is 1160. The Morgan fingerprint density at radius 2 is 2.00 bits per heavy atom.